The van der Waals surface area contributed by atoms with Crippen LogP contribution in [0.25, 0.3) is 0 Å². The topological polar surface area (TPSA) is 29.1 Å². The first kappa shape index (κ1) is 14.7. The molecule has 1 N–H and O–H groups in total. The Morgan fingerprint density at radius 2 is 1.75 bits per heavy atom. The third-order valence-electron chi connectivity index (χ3n) is 3.05. The minimum Gasteiger partial charge on any atom is -0.303 e. The van der Waals surface area contributed by atoms with E-state index in [0.29, 0.717) is 17.1 Å². The molecule has 2 rings (SSSR count). The first-order chi connectivity index (χ1) is 9.56. The van der Waals surface area contributed by atoms with Crippen LogP contribution in [-0.4, -0.2) is 11.8 Å². The van der Waals surface area contributed by atoms with Crippen molar-refractivity contribution >= 4 is 17.4 Å². The molecule has 0 fully saturated rings. The summed E-state index contributed by atoms with van der Waals surface area (Å²) >= 11 is 5.79. The molecule has 0 saturated heterocycles. The molecule has 2 aromatic carbocycles. The van der Waals surface area contributed by atoms with Gasteiger partial charge in [0.15, 0.2) is 5.78 Å². The maximum Gasteiger partial charge on any atom is 0.179 e. The fourth-order valence-corrected chi connectivity index (χ4v) is 1.96. The van der Waals surface area contributed by atoms with Crippen molar-refractivity contribution in [3.63, 3.8) is 0 Å². The number of hydrogen-bond acceptors (Lipinski definition) is 2. The molecule has 2 aromatic rings. The lowest BCUT2D eigenvalue weighted by molar-refractivity contribution is 0.0950. The van der Waals surface area contributed by atoms with Gasteiger partial charge in [0.25, 0.3) is 0 Å². The average Bonchev–Trinajstić information content (AvgIpc) is 2.46. The summed E-state index contributed by atoms with van der Waals surface area (Å²) in [6, 6.07) is 12.7. The summed E-state index contributed by atoms with van der Waals surface area (Å²) in [6.45, 7) is 2.32. The second-order valence-corrected chi connectivity index (χ2v) is 5.04. The smallest absolute Gasteiger partial charge is 0.179 e. The molecular formula is C16H15ClFNO. The number of ketones is 1. The van der Waals surface area contributed by atoms with Crippen molar-refractivity contribution in [1.29, 1.82) is 0 Å². The number of carbonyl (C=O) groups is 1. The van der Waals surface area contributed by atoms with E-state index in [4.69, 9.17) is 11.6 Å². The van der Waals surface area contributed by atoms with Gasteiger partial charge >= 0.3 is 0 Å². The van der Waals surface area contributed by atoms with Gasteiger partial charge in [0, 0.05) is 17.1 Å². The van der Waals surface area contributed by atoms with Crippen LogP contribution in [0.5, 0.6) is 0 Å². The molecule has 0 spiro atoms. The summed E-state index contributed by atoms with van der Waals surface area (Å²) in [7, 11) is 0. The summed E-state index contributed by atoms with van der Waals surface area (Å²) in [4.78, 5) is 12.2. The number of nitrogens with one attached hydrogen (secondary N) is 1. The first-order valence-corrected chi connectivity index (χ1v) is 6.71. The Morgan fingerprint density at radius 1 is 1.15 bits per heavy atom. The molecule has 0 heterocycles. The zero-order chi connectivity index (χ0) is 14.5. The predicted octanol–water partition coefficient (Wildman–Crippen LogP) is 3.84. The van der Waals surface area contributed by atoms with Crippen LogP contribution < -0.4 is 5.32 Å². The molecule has 0 aliphatic carbocycles. The van der Waals surface area contributed by atoms with Gasteiger partial charge in [-0.05, 0) is 48.9 Å². The van der Waals surface area contributed by atoms with Gasteiger partial charge in [-0.2, -0.15) is 0 Å². The SMILES string of the molecule is CC(NCc1ccc(F)cc1)C(=O)c1ccc(Cl)cc1. The monoisotopic (exact) mass is 291 g/mol. The third kappa shape index (κ3) is 3.89. The molecule has 0 aromatic heterocycles. The molecule has 0 amide bonds. The lowest BCUT2D eigenvalue weighted by Crippen LogP contribution is -2.33. The van der Waals surface area contributed by atoms with E-state index in [9.17, 15) is 9.18 Å². The van der Waals surface area contributed by atoms with E-state index >= 15 is 0 Å². The molecule has 0 saturated carbocycles. The Bertz CT molecular complexity index is 580. The largest absolute Gasteiger partial charge is 0.303 e. The molecule has 4 heteroatoms. The molecule has 0 aliphatic heterocycles. The first-order valence-electron chi connectivity index (χ1n) is 6.34. The average molecular weight is 292 g/mol. The third-order valence-corrected chi connectivity index (χ3v) is 3.30. The van der Waals surface area contributed by atoms with Gasteiger partial charge in [-0.1, -0.05) is 23.7 Å². The van der Waals surface area contributed by atoms with E-state index in [1.165, 1.54) is 12.1 Å². The van der Waals surface area contributed by atoms with Crippen molar-refractivity contribution in [1.82, 2.24) is 5.32 Å². The molecule has 1 atom stereocenters. The maximum absolute atomic E-state index is 12.8. The van der Waals surface area contributed by atoms with Gasteiger partial charge in [0.05, 0.1) is 6.04 Å². The minimum atomic E-state index is -0.318. The normalized spacial score (nSPS) is 12.2. The highest BCUT2D eigenvalue weighted by molar-refractivity contribution is 6.30. The van der Waals surface area contributed by atoms with Gasteiger partial charge in [-0.15, -0.1) is 0 Å². The van der Waals surface area contributed by atoms with Crippen molar-refractivity contribution in [3.05, 3.63) is 70.5 Å². The zero-order valence-corrected chi connectivity index (χ0v) is 11.8. The van der Waals surface area contributed by atoms with E-state index in [2.05, 4.69) is 5.32 Å². The molecule has 0 aliphatic rings. The zero-order valence-electron chi connectivity index (χ0n) is 11.1. The molecule has 0 radical (unpaired) electrons. The second-order valence-electron chi connectivity index (χ2n) is 4.60. The van der Waals surface area contributed by atoms with Crippen LogP contribution in [0.3, 0.4) is 0 Å². The van der Waals surface area contributed by atoms with Crippen LogP contribution in [0.4, 0.5) is 4.39 Å². The van der Waals surface area contributed by atoms with E-state index < -0.39 is 0 Å². The fourth-order valence-electron chi connectivity index (χ4n) is 1.83. The summed E-state index contributed by atoms with van der Waals surface area (Å²) in [5.74, 6) is -0.261. The Balaban J connectivity index is 1.94. The number of benzene rings is 2. The minimum absolute atomic E-state index is 0.00350. The van der Waals surface area contributed by atoms with Crippen LogP contribution in [-0.2, 0) is 6.54 Å². The number of hydrogen-bond donors (Lipinski definition) is 1. The van der Waals surface area contributed by atoms with Gasteiger partial charge < -0.3 is 5.32 Å². The standard InChI is InChI=1S/C16H15ClFNO/c1-11(16(20)13-4-6-14(17)7-5-13)19-10-12-2-8-15(18)9-3-12/h2-9,11,19H,10H2,1H3. The number of carbonyl (C=O) groups excluding carboxylic acids is 1. The van der Waals surface area contributed by atoms with Crippen LogP contribution in [0.2, 0.25) is 5.02 Å². The van der Waals surface area contributed by atoms with E-state index in [1.807, 2.05) is 0 Å². The van der Waals surface area contributed by atoms with Crippen molar-refractivity contribution in [2.24, 2.45) is 0 Å². The quantitative estimate of drug-likeness (QED) is 0.848. The summed E-state index contributed by atoms with van der Waals surface area (Å²) < 4.78 is 12.8. The van der Waals surface area contributed by atoms with E-state index in [-0.39, 0.29) is 17.6 Å². The second kappa shape index (κ2) is 6.64. The fraction of sp³-hybridized carbons (Fsp3) is 0.188. The highest BCUT2D eigenvalue weighted by Gasteiger charge is 2.14. The molecule has 0 bridgehead atoms. The van der Waals surface area contributed by atoms with Gasteiger partial charge in [0.2, 0.25) is 0 Å². The van der Waals surface area contributed by atoms with Gasteiger partial charge in [0.1, 0.15) is 5.82 Å². The lowest BCUT2D eigenvalue weighted by atomic mass is 10.1. The van der Waals surface area contributed by atoms with Crippen molar-refractivity contribution < 1.29 is 9.18 Å². The summed E-state index contributed by atoms with van der Waals surface area (Å²) in [5.41, 5.74) is 1.55. The van der Waals surface area contributed by atoms with Gasteiger partial charge in [-0.25, -0.2) is 4.39 Å². The Labute approximate surface area is 122 Å². The summed E-state index contributed by atoms with van der Waals surface area (Å²) in [5, 5.41) is 3.73. The maximum atomic E-state index is 12.8. The highest BCUT2D eigenvalue weighted by atomic mass is 35.5. The molecule has 1 unspecified atom stereocenters. The molecule has 20 heavy (non-hydrogen) atoms. The summed E-state index contributed by atoms with van der Waals surface area (Å²) in [6.07, 6.45) is 0. The van der Waals surface area contributed by atoms with Crippen molar-refractivity contribution in [2.75, 3.05) is 0 Å². The van der Waals surface area contributed by atoms with Crippen molar-refractivity contribution in [2.45, 2.75) is 19.5 Å². The predicted molar refractivity (Wildman–Crippen MR) is 78.5 cm³/mol. The molecule has 2 nitrogen and oxygen atoms in total. The van der Waals surface area contributed by atoms with E-state index in [0.717, 1.165) is 5.56 Å². The Kier molecular flexibility index (Phi) is 4.88. The van der Waals surface area contributed by atoms with Crippen LogP contribution in [0.1, 0.15) is 22.8 Å². The van der Waals surface area contributed by atoms with Crippen LogP contribution in [0, 0.1) is 5.82 Å². The molecular weight excluding hydrogens is 277 g/mol. The molecule has 104 valence electrons. The number of rotatable bonds is 5. The van der Waals surface area contributed by atoms with Crippen LogP contribution >= 0.6 is 11.6 Å². The van der Waals surface area contributed by atoms with E-state index in [1.54, 1.807) is 43.3 Å². The highest BCUT2D eigenvalue weighted by Crippen LogP contribution is 2.11. The number of halogens is 2. The Morgan fingerprint density at radius 3 is 2.35 bits per heavy atom. The Hall–Kier alpha value is -1.71. The van der Waals surface area contributed by atoms with Gasteiger partial charge in [-0.3, -0.25) is 4.79 Å². The lowest BCUT2D eigenvalue weighted by Gasteiger charge is -2.13. The van der Waals surface area contributed by atoms with Crippen LogP contribution in [0.15, 0.2) is 48.5 Å². The van der Waals surface area contributed by atoms with Crippen molar-refractivity contribution in [3.8, 4) is 0 Å². The number of Topliss-reactive ketones (excluding diaryl/α,β-unsaturated/α-hetero) is 1.